The molecule has 4 nitrogen and oxygen atoms in total. The molecule has 82 valence electrons. The molecule has 0 bridgehead atoms. The number of nitrogens with zero attached hydrogens (tertiary/aromatic N) is 2. The molecule has 0 saturated heterocycles. The fraction of sp³-hybridized carbons (Fsp3) is 0.0909. The normalized spacial score (nSPS) is 10.1. The lowest BCUT2D eigenvalue weighted by molar-refractivity contribution is 0.275. The quantitative estimate of drug-likeness (QED) is 0.879. The van der Waals surface area contributed by atoms with E-state index < -0.39 is 0 Å². The van der Waals surface area contributed by atoms with Crippen molar-refractivity contribution in [2.45, 2.75) is 6.61 Å². The fourth-order valence-electron chi connectivity index (χ4n) is 1.21. The van der Waals surface area contributed by atoms with Crippen LogP contribution in [0.4, 0.5) is 0 Å². The summed E-state index contributed by atoms with van der Waals surface area (Å²) in [6.45, 7) is -0.0704. The summed E-state index contributed by atoms with van der Waals surface area (Å²) in [6.07, 6.45) is 3.21. The van der Waals surface area contributed by atoms with E-state index in [1.807, 2.05) is 12.1 Å². The number of rotatable bonds is 3. The lowest BCUT2D eigenvalue weighted by atomic mass is 10.2. The first kappa shape index (κ1) is 11.3. The van der Waals surface area contributed by atoms with Crippen molar-refractivity contribution < 1.29 is 9.84 Å². The molecular weight excluding hydrogens is 319 g/mol. The van der Waals surface area contributed by atoms with E-state index in [1.165, 1.54) is 0 Å². The first-order chi connectivity index (χ1) is 7.79. The van der Waals surface area contributed by atoms with Gasteiger partial charge in [0.05, 0.1) is 6.61 Å². The first-order valence-corrected chi connectivity index (χ1v) is 5.71. The molecule has 0 aliphatic rings. The molecule has 0 unspecified atom stereocenters. The molecular formula is C11H9IN2O2. The molecule has 0 amide bonds. The highest BCUT2D eigenvalue weighted by atomic mass is 127. The van der Waals surface area contributed by atoms with Crippen molar-refractivity contribution in [2.24, 2.45) is 0 Å². The Bertz CT molecular complexity index is 477. The van der Waals surface area contributed by atoms with E-state index in [9.17, 15) is 5.11 Å². The average molecular weight is 328 g/mol. The maximum atomic E-state index is 9.20. The number of aliphatic hydroxyl groups is 1. The Balaban J connectivity index is 2.28. The number of ether oxygens (including phenoxy) is 1. The predicted molar refractivity (Wildman–Crippen MR) is 67.2 cm³/mol. The highest BCUT2D eigenvalue weighted by Gasteiger charge is 2.05. The van der Waals surface area contributed by atoms with Gasteiger partial charge in [0.2, 0.25) is 0 Å². The van der Waals surface area contributed by atoms with Crippen molar-refractivity contribution in [2.75, 3.05) is 0 Å². The molecule has 0 spiro atoms. The van der Waals surface area contributed by atoms with Gasteiger partial charge in [0.25, 0.3) is 0 Å². The van der Waals surface area contributed by atoms with Gasteiger partial charge < -0.3 is 9.84 Å². The molecule has 5 heteroatoms. The topological polar surface area (TPSA) is 55.2 Å². The molecule has 0 aliphatic heterocycles. The maximum Gasteiger partial charge on any atom is 0.321 e. The van der Waals surface area contributed by atoms with Gasteiger partial charge in [-0.1, -0.05) is 0 Å². The van der Waals surface area contributed by atoms with E-state index in [2.05, 4.69) is 32.6 Å². The summed E-state index contributed by atoms with van der Waals surface area (Å²) in [5, 5.41) is 9.20. The van der Waals surface area contributed by atoms with Gasteiger partial charge in [-0.3, -0.25) is 0 Å². The van der Waals surface area contributed by atoms with Crippen LogP contribution in [0.3, 0.4) is 0 Å². The SMILES string of the molecule is OCc1cc(I)ccc1Oc1ncccn1. The smallest absolute Gasteiger partial charge is 0.321 e. The minimum Gasteiger partial charge on any atom is -0.424 e. The van der Waals surface area contributed by atoms with E-state index in [1.54, 1.807) is 24.5 Å². The van der Waals surface area contributed by atoms with Crippen LogP contribution in [-0.4, -0.2) is 15.1 Å². The van der Waals surface area contributed by atoms with Gasteiger partial charge in [0.15, 0.2) is 0 Å². The van der Waals surface area contributed by atoms with Crippen LogP contribution in [0.2, 0.25) is 0 Å². The van der Waals surface area contributed by atoms with Crippen molar-refractivity contribution >= 4 is 22.6 Å². The predicted octanol–water partition coefficient (Wildman–Crippen LogP) is 2.37. The number of hydrogen-bond donors (Lipinski definition) is 1. The maximum absolute atomic E-state index is 9.20. The molecule has 2 rings (SSSR count). The number of aromatic nitrogens is 2. The molecule has 0 atom stereocenters. The third-order valence-electron chi connectivity index (χ3n) is 1.94. The van der Waals surface area contributed by atoms with Crippen molar-refractivity contribution in [3.8, 4) is 11.8 Å². The van der Waals surface area contributed by atoms with Crippen LogP contribution in [-0.2, 0) is 6.61 Å². The minimum atomic E-state index is -0.0704. The Labute approximate surface area is 106 Å². The Morgan fingerprint density at radius 2 is 2.00 bits per heavy atom. The van der Waals surface area contributed by atoms with Crippen molar-refractivity contribution in [3.63, 3.8) is 0 Å². The Hall–Kier alpha value is -1.21. The van der Waals surface area contributed by atoms with Gasteiger partial charge in [0.1, 0.15) is 5.75 Å². The molecule has 16 heavy (non-hydrogen) atoms. The highest BCUT2D eigenvalue weighted by molar-refractivity contribution is 14.1. The lowest BCUT2D eigenvalue weighted by Gasteiger charge is -2.07. The number of halogens is 1. The number of hydrogen-bond acceptors (Lipinski definition) is 4. The van der Waals surface area contributed by atoms with Crippen LogP contribution in [0.15, 0.2) is 36.7 Å². The van der Waals surface area contributed by atoms with Gasteiger partial charge >= 0.3 is 6.01 Å². The molecule has 0 aliphatic carbocycles. The van der Waals surface area contributed by atoms with Crippen LogP contribution in [0, 0.1) is 3.57 Å². The highest BCUT2D eigenvalue weighted by Crippen LogP contribution is 2.24. The zero-order valence-electron chi connectivity index (χ0n) is 8.30. The third kappa shape index (κ3) is 2.67. The average Bonchev–Trinajstić information content (AvgIpc) is 2.33. The Morgan fingerprint density at radius 3 is 2.69 bits per heavy atom. The lowest BCUT2D eigenvalue weighted by Crippen LogP contribution is -1.95. The molecule has 1 aromatic carbocycles. The van der Waals surface area contributed by atoms with E-state index in [0.717, 1.165) is 9.13 Å². The Kier molecular flexibility index (Phi) is 3.68. The fourth-order valence-corrected chi connectivity index (χ4v) is 1.76. The largest absolute Gasteiger partial charge is 0.424 e. The molecule has 1 heterocycles. The summed E-state index contributed by atoms with van der Waals surface area (Å²) in [5.41, 5.74) is 0.722. The van der Waals surface area contributed by atoms with E-state index >= 15 is 0 Å². The summed E-state index contributed by atoms with van der Waals surface area (Å²) in [4.78, 5) is 7.91. The van der Waals surface area contributed by atoms with Crippen molar-refractivity contribution in [1.82, 2.24) is 9.97 Å². The Morgan fingerprint density at radius 1 is 1.25 bits per heavy atom. The molecule has 0 saturated carbocycles. The first-order valence-electron chi connectivity index (χ1n) is 4.64. The molecule has 1 aromatic heterocycles. The van der Waals surface area contributed by atoms with Gasteiger partial charge in [-0.15, -0.1) is 0 Å². The second-order valence-corrected chi connectivity index (χ2v) is 4.29. The van der Waals surface area contributed by atoms with Crippen molar-refractivity contribution in [1.29, 1.82) is 0 Å². The van der Waals surface area contributed by atoms with E-state index in [0.29, 0.717) is 5.75 Å². The summed E-state index contributed by atoms with van der Waals surface area (Å²) in [5.74, 6) is 0.578. The summed E-state index contributed by atoms with van der Waals surface area (Å²) in [7, 11) is 0. The van der Waals surface area contributed by atoms with Crippen LogP contribution in [0.5, 0.6) is 11.8 Å². The van der Waals surface area contributed by atoms with Crippen LogP contribution in [0.25, 0.3) is 0 Å². The number of aliphatic hydroxyl groups excluding tert-OH is 1. The van der Waals surface area contributed by atoms with Gasteiger partial charge in [-0.2, -0.15) is 0 Å². The van der Waals surface area contributed by atoms with E-state index in [4.69, 9.17) is 4.74 Å². The molecule has 1 N–H and O–H groups in total. The zero-order valence-corrected chi connectivity index (χ0v) is 10.5. The second-order valence-electron chi connectivity index (χ2n) is 3.04. The zero-order chi connectivity index (χ0) is 11.4. The standard InChI is InChI=1S/C11H9IN2O2/c12-9-2-3-10(8(6-9)7-15)16-11-13-4-1-5-14-11/h1-6,15H,7H2. The molecule has 0 radical (unpaired) electrons. The van der Waals surface area contributed by atoms with Crippen LogP contribution in [0.1, 0.15) is 5.56 Å². The second kappa shape index (κ2) is 5.22. The molecule has 2 aromatic rings. The number of benzene rings is 1. The van der Waals surface area contributed by atoms with Gasteiger partial charge in [0, 0.05) is 21.5 Å². The van der Waals surface area contributed by atoms with Crippen LogP contribution >= 0.6 is 22.6 Å². The monoisotopic (exact) mass is 328 g/mol. The summed E-state index contributed by atoms with van der Waals surface area (Å²) < 4.78 is 6.51. The third-order valence-corrected chi connectivity index (χ3v) is 2.61. The molecule has 0 fully saturated rings. The van der Waals surface area contributed by atoms with Gasteiger partial charge in [-0.05, 0) is 46.9 Å². The summed E-state index contributed by atoms with van der Waals surface area (Å²) in [6, 6.07) is 7.55. The minimum absolute atomic E-state index is 0.0704. The van der Waals surface area contributed by atoms with Crippen LogP contribution < -0.4 is 4.74 Å². The van der Waals surface area contributed by atoms with Gasteiger partial charge in [-0.25, -0.2) is 9.97 Å². The van der Waals surface area contributed by atoms with Crippen molar-refractivity contribution in [3.05, 3.63) is 45.8 Å². The summed E-state index contributed by atoms with van der Waals surface area (Å²) >= 11 is 2.18. The van der Waals surface area contributed by atoms with E-state index in [-0.39, 0.29) is 12.6 Å².